The minimum absolute atomic E-state index is 0.0147. The molecule has 2 amide bonds. The first-order chi connectivity index (χ1) is 25.9. The van der Waals surface area contributed by atoms with E-state index in [1.807, 2.05) is 24.9 Å². The quantitative estimate of drug-likeness (QED) is 0.0860. The molecule has 1 unspecified atom stereocenters. The van der Waals surface area contributed by atoms with E-state index in [-0.39, 0.29) is 39.7 Å². The molecule has 3 aromatic rings. The van der Waals surface area contributed by atoms with Crippen LogP contribution >= 0.6 is 11.6 Å². The zero-order chi connectivity index (χ0) is 42.2. The molecule has 0 saturated carbocycles. The summed E-state index contributed by atoms with van der Waals surface area (Å²) in [5.74, 6) is -0.948. The van der Waals surface area contributed by atoms with E-state index < -0.39 is 33.2 Å². The van der Waals surface area contributed by atoms with Crippen molar-refractivity contribution in [2.75, 3.05) is 41.9 Å². The van der Waals surface area contributed by atoms with Gasteiger partial charge in [-0.05, 0) is 84.2 Å². The molecule has 0 spiro atoms. The summed E-state index contributed by atoms with van der Waals surface area (Å²) >= 11 is 6.53. The predicted octanol–water partition coefficient (Wildman–Crippen LogP) is 8.82. The number of aliphatic imine (C=N–C) groups is 1. The van der Waals surface area contributed by atoms with Gasteiger partial charge in [-0.2, -0.15) is 0 Å². The Balaban J connectivity index is 1.86. The van der Waals surface area contributed by atoms with Crippen LogP contribution in [0.5, 0.6) is 5.75 Å². The van der Waals surface area contributed by atoms with Gasteiger partial charge >= 0.3 is 0 Å². The van der Waals surface area contributed by atoms with Crippen LogP contribution in [0.25, 0.3) is 0 Å². The summed E-state index contributed by atoms with van der Waals surface area (Å²) in [4.78, 5) is 47.3. The second-order valence-corrected chi connectivity index (χ2v) is 18.7. The normalized spacial score (nSPS) is 13.2. The third kappa shape index (κ3) is 12.6. The first kappa shape index (κ1) is 46.1. The van der Waals surface area contributed by atoms with E-state index in [2.05, 4.69) is 74.0 Å². The van der Waals surface area contributed by atoms with Crippen molar-refractivity contribution < 1.29 is 27.5 Å². The number of carbonyl (C=O) groups is 3. The van der Waals surface area contributed by atoms with E-state index >= 15 is 0 Å². The van der Waals surface area contributed by atoms with Crippen LogP contribution in [0.2, 0.25) is 5.02 Å². The van der Waals surface area contributed by atoms with Gasteiger partial charge in [0.25, 0.3) is 11.8 Å². The highest BCUT2D eigenvalue weighted by Crippen LogP contribution is 2.39. The molecule has 3 rings (SSSR count). The number of anilines is 3. The number of sulfonamides is 1. The largest absolute Gasteiger partial charge is 0.480 e. The number of nitrogens with one attached hydrogen (secondary N) is 3. The second kappa shape index (κ2) is 18.8. The Kier molecular flexibility index (Phi) is 15.5. The minimum atomic E-state index is -3.31. The molecule has 56 heavy (non-hydrogen) atoms. The van der Waals surface area contributed by atoms with E-state index in [1.54, 1.807) is 57.2 Å². The maximum absolute atomic E-state index is 13.8. The van der Waals surface area contributed by atoms with Crippen molar-refractivity contribution in [1.82, 2.24) is 4.72 Å². The molecule has 0 saturated heterocycles. The van der Waals surface area contributed by atoms with Gasteiger partial charge in [0.05, 0.1) is 22.7 Å². The van der Waals surface area contributed by atoms with Gasteiger partial charge in [0.1, 0.15) is 5.75 Å². The molecule has 0 bridgehead atoms. The van der Waals surface area contributed by atoms with E-state index in [9.17, 15) is 22.8 Å². The van der Waals surface area contributed by atoms with Gasteiger partial charge in [-0.15, -0.1) is 0 Å². The molecule has 0 aromatic heterocycles. The summed E-state index contributed by atoms with van der Waals surface area (Å²) in [7, 11) is -1.49. The molecular weight excluding hydrogens is 750 g/mol. The first-order valence-electron chi connectivity index (χ1n) is 19.0. The molecule has 11 nitrogen and oxygen atoms in total. The van der Waals surface area contributed by atoms with Crippen molar-refractivity contribution in [3.8, 4) is 5.75 Å². The van der Waals surface area contributed by atoms with Crippen molar-refractivity contribution in [2.45, 2.75) is 105 Å². The predicted molar refractivity (Wildman–Crippen MR) is 231 cm³/mol. The van der Waals surface area contributed by atoms with Crippen molar-refractivity contribution in [3.05, 3.63) is 76.8 Å². The number of halogens is 1. The molecule has 0 aliphatic rings. The number of ether oxygens (including phenoxy) is 1. The lowest BCUT2D eigenvalue weighted by atomic mass is 9.76. The van der Waals surface area contributed by atoms with E-state index in [0.717, 1.165) is 30.3 Å². The van der Waals surface area contributed by atoms with Crippen LogP contribution in [0.1, 0.15) is 99.6 Å². The van der Waals surface area contributed by atoms with Crippen LogP contribution in [-0.4, -0.2) is 64.2 Å². The highest BCUT2D eigenvalue weighted by atomic mass is 35.5. The standard InChI is InChI=1S/C43H60ClN5O6S/c1-13-35(55-36-23-16-28(42(7,8)14-2)26-32(36)43(9,10)15-3)39(51)47-30-19-22-33(44)34(27-30)48-40(52)37(38(50)41(4,5)6)46-29-17-20-31(21-18-29)49(11)25-24-45-56(12,53)54/h16-23,26-27,35,45H,13-15,24-25H2,1-12H3,(H,47,51)(H,48,52). The fourth-order valence-electron chi connectivity index (χ4n) is 5.55. The molecule has 306 valence electrons. The van der Waals surface area contributed by atoms with Crippen LogP contribution in [-0.2, 0) is 35.2 Å². The number of hydrogen-bond donors (Lipinski definition) is 3. The van der Waals surface area contributed by atoms with Crippen LogP contribution in [0.15, 0.2) is 65.7 Å². The third-order valence-corrected chi connectivity index (χ3v) is 11.2. The monoisotopic (exact) mass is 809 g/mol. The Morgan fingerprint density at radius 3 is 2.04 bits per heavy atom. The average molecular weight is 811 g/mol. The zero-order valence-corrected chi connectivity index (χ0v) is 36.6. The summed E-state index contributed by atoms with van der Waals surface area (Å²) in [6.07, 6.45) is 2.56. The molecule has 0 aliphatic carbocycles. The fourth-order valence-corrected chi connectivity index (χ4v) is 6.18. The summed E-state index contributed by atoms with van der Waals surface area (Å²) in [6, 6.07) is 17.8. The van der Waals surface area contributed by atoms with Crippen LogP contribution in [0.4, 0.5) is 22.7 Å². The van der Waals surface area contributed by atoms with Gasteiger partial charge < -0.3 is 20.3 Å². The number of Topliss-reactive ketones (excluding diaryl/α,β-unsaturated/α-hetero) is 1. The van der Waals surface area contributed by atoms with Crippen molar-refractivity contribution >= 4 is 67.7 Å². The third-order valence-electron chi connectivity index (χ3n) is 10.1. The Bertz CT molecular complexity index is 2020. The summed E-state index contributed by atoms with van der Waals surface area (Å²) in [6.45, 7) is 20.7. The van der Waals surface area contributed by atoms with Crippen molar-refractivity contribution in [1.29, 1.82) is 0 Å². The smallest absolute Gasteiger partial charge is 0.278 e. The maximum Gasteiger partial charge on any atom is 0.278 e. The number of amides is 2. The fraction of sp³-hybridized carbons (Fsp3) is 0.488. The Labute approximate surface area is 339 Å². The van der Waals surface area contributed by atoms with Crippen LogP contribution < -0.4 is 25.0 Å². The van der Waals surface area contributed by atoms with Crippen LogP contribution in [0, 0.1) is 5.41 Å². The molecule has 0 radical (unpaired) electrons. The lowest BCUT2D eigenvalue weighted by Gasteiger charge is -2.31. The SMILES string of the molecule is CCC(Oc1ccc(C(C)(C)CC)cc1C(C)(C)CC)C(=O)Nc1ccc(Cl)c(NC(=O)C(=Nc2ccc(N(C)CCNS(C)(=O)=O)cc2)C(=O)C(C)(C)C)c1. The number of nitrogens with zero attached hydrogens (tertiary/aromatic N) is 2. The first-order valence-corrected chi connectivity index (χ1v) is 21.3. The molecule has 13 heteroatoms. The highest BCUT2D eigenvalue weighted by molar-refractivity contribution is 7.88. The van der Waals surface area contributed by atoms with Gasteiger partial charge in [0.15, 0.2) is 17.6 Å². The summed E-state index contributed by atoms with van der Waals surface area (Å²) < 4.78 is 31.7. The molecule has 3 aromatic carbocycles. The number of hydrogen-bond acceptors (Lipinski definition) is 8. The number of likely N-dealkylation sites (N-methyl/N-ethyl adjacent to an activating group) is 1. The van der Waals surface area contributed by atoms with Gasteiger partial charge in [0, 0.05) is 42.5 Å². The molecule has 1 atom stereocenters. The molecule has 0 fully saturated rings. The maximum atomic E-state index is 13.8. The molecule has 3 N–H and O–H groups in total. The number of ketones is 1. The van der Waals surface area contributed by atoms with Crippen molar-refractivity contribution in [2.24, 2.45) is 10.4 Å². The Morgan fingerprint density at radius 2 is 1.48 bits per heavy atom. The number of carbonyl (C=O) groups excluding carboxylic acids is 3. The topological polar surface area (TPSA) is 146 Å². The number of benzene rings is 3. The summed E-state index contributed by atoms with van der Waals surface area (Å²) in [5, 5.41) is 5.84. The van der Waals surface area contributed by atoms with Crippen molar-refractivity contribution in [3.63, 3.8) is 0 Å². The second-order valence-electron chi connectivity index (χ2n) is 16.5. The number of rotatable bonds is 18. The molecule has 0 aliphatic heterocycles. The summed E-state index contributed by atoms with van der Waals surface area (Å²) in [5.41, 5.74) is 2.51. The average Bonchev–Trinajstić information content (AvgIpc) is 3.12. The van der Waals surface area contributed by atoms with E-state index in [0.29, 0.717) is 30.1 Å². The van der Waals surface area contributed by atoms with Gasteiger partial charge in [-0.25, -0.2) is 18.1 Å². The zero-order valence-electron chi connectivity index (χ0n) is 35.0. The van der Waals surface area contributed by atoms with Crippen LogP contribution in [0.3, 0.4) is 0 Å². The van der Waals surface area contributed by atoms with E-state index in [1.165, 1.54) is 11.6 Å². The van der Waals surface area contributed by atoms with Gasteiger partial charge in [0.2, 0.25) is 10.0 Å². The highest BCUT2D eigenvalue weighted by Gasteiger charge is 2.32. The Hall–Kier alpha value is -4.26. The van der Waals surface area contributed by atoms with Gasteiger partial charge in [-0.1, -0.05) is 93.0 Å². The van der Waals surface area contributed by atoms with E-state index in [4.69, 9.17) is 16.3 Å². The minimum Gasteiger partial charge on any atom is -0.480 e. The van der Waals surface area contributed by atoms with Gasteiger partial charge in [-0.3, -0.25) is 14.4 Å². The molecular formula is C43H60ClN5O6S. The lowest BCUT2D eigenvalue weighted by molar-refractivity contribution is -0.123. The lowest BCUT2D eigenvalue weighted by Crippen LogP contribution is -2.37. The Morgan fingerprint density at radius 1 is 0.857 bits per heavy atom. The molecule has 0 heterocycles.